The van der Waals surface area contributed by atoms with Crippen LogP contribution in [-0.4, -0.2) is 299 Å². The average Bonchev–Trinajstić information content (AvgIpc) is 3.34. The fraction of sp³-hybridized carbons (Fsp3) is 0.977. The molecule has 0 saturated carbocycles. The van der Waals surface area contributed by atoms with E-state index in [9.17, 15) is 76.3 Å². The van der Waals surface area contributed by atoms with Gasteiger partial charge in [-0.3, -0.25) is 0 Å². The van der Waals surface area contributed by atoms with Crippen molar-refractivity contribution in [2.75, 3.05) is 93.0 Å². The highest BCUT2D eigenvalue weighted by molar-refractivity contribution is 5.73. The van der Waals surface area contributed by atoms with Crippen molar-refractivity contribution in [1.29, 1.82) is 0 Å². The normalized spacial score (nSPS) is 47.5. The molecule has 26 atom stereocenters. The van der Waals surface area contributed by atoms with Gasteiger partial charge in [0.05, 0.1) is 129 Å². The second-order valence-corrected chi connectivity index (χ2v) is 19.4. The van der Waals surface area contributed by atoms with Crippen LogP contribution in [0.3, 0.4) is 0 Å². The Morgan fingerprint density at radius 1 is 0.493 bits per heavy atom. The quantitative estimate of drug-likeness (QED) is 0.0452. The van der Waals surface area contributed by atoms with E-state index in [1.165, 1.54) is 14.0 Å². The van der Waals surface area contributed by atoms with E-state index in [1.54, 1.807) is 0 Å². The van der Waals surface area contributed by atoms with Gasteiger partial charge in [0.25, 0.3) is 5.97 Å². The Labute approximate surface area is 409 Å². The van der Waals surface area contributed by atoms with Crippen LogP contribution in [0, 0.1) is 29.6 Å². The van der Waals surface area contributed by atoms with Crippen LogP contribution in [0.2, 0.25) is 0 Å². The molecule has 0 aliphatic carbocycles. The third kappa shape index (κ3) is 13.7. The van der Waals surface area contributed by atoms with Gasteiger partial charge >= 0.3 is 5.97 Å². The van der Waals surface area contributed by atoms with Crippen molar-refractivity contribution in [2.24, 2.45) is 29.6 Å². The summed E-state index contributed by atoms with van der Waals surface area (Å²) in [4.78, 5) is 12.4. The van der Waals surface area contributed by atoms with E-state index >= 15 is 0 Å². The largest absolute Gasteiger partial charge is 0.479 e. The molecule has 27 heteroatoms. The Morgan fingerprint density at radius 3 is 1.45 bits per heavy atom. The van der Waals surface area contributed by atoms with Crippen molar-refractivity contribution in [3.8, 4) is 0 Å². The van der Waals surface area contributed by atoms with Crippen LogP contribution in [0.5, 0.6) is 0 Å². The summed E-state index contributed by atoms with van der Waals surface area (Å²) in [5, 5.41) is 149. The molecule has 0 spiro atoms. The molecule has 0 bridgehead atoms. The molecule has 6 saturated heterocycles. The van der Waals surface area contributed by atoms with Crippen molar-refractivity contribution in [3.63, 3.8) is 0 Å². The molecule has 6 rings (SSSR count). The maximum absolute atomic E-state index is 12.4. The molecule has 27 nitrogen and oxygen atoms in total. The van der Waals surface area contributed by atoms with Crippen molar-refractivity contribution in [3.05, 3.63) is 0 Å². The highest BCUT2D eigenvalue weighted by Gasteiger charge is 2.53. The maximum atomic E-state index is 12.4. The van der Waals surface area contributed by atoms with Crippen LogP contribution in [-0.2, 0) is 61.6 Å². The monoisotopic (exact) mass is 1040 g/mol. The Hall–Kier alpha value is -1.53. The highest BCUT2D eigenvalue weighted by Crippen LogP contribution is 2.37. The summed E-state index contributed by atoms with van der Waals surface area (Å²) in [6.07, 6.45) is -25.2. The Kier molecular flexibility index (Phi) is 21.9. The molecule has 14 N–H and O–H groups in total. The fourth-order valence-electron chi connectivity index (χ4n) is 10.5. The van der Waals surface area contributed by atoms with Gasteiger partial charge in [0.2, 0.25) is 0 Å². The van der Waals surface area contributed by atoms with Crippen molar-refractivity contribution in [1.82, 2.24) is 0 Å². The number of carboxylic acids is 1. The maximum Gasteiger partial charge on any atom is 0.333 e. The molecule has 6 heterocycles. The van der Waals surface area contributed by atoms with Crippen LogP contribution in [0.4, 0.5) is 0 Å². The molecule has 71 heavy (non-hydrogen) atoms. The number of fused-ring (bicyclic) bond motifs is 1. The van der Waals surface area contributed by atoms with E-state index in [0.717, 1.165) is 0 Å². The lowest BCUT2D eigenvalue weighted by atomic mass is 9.78. The zero-order valence-corrected chi connectivity index (χ0v) is 39.9. The van der Waals surface area contributed by atoms with E-state index < -0.39 is 210 Å². The van der Waals surface area contributed by atoms with Gasteiger partial charge in [-0.1, -0.05) is 13.3 Å². The van der Waals surface area contributed by atoms with Crippen molar-refractivity contribution < 1.29 is 133 Å². The molecular formula is C44H76O27. The number of aliphatic hydroxyl groups is 13. The average molecular weight is 1040 g/mol. The molecule has 0 amide bonds. The van der Waals surface area contributed by atoms with Crippen LogP contribution in [0.1, 0.15) is 20.3 Å². The summed E-state index contributed by atoms with van der Waals surface area (Å²) in [6, 6.07) is 0. The molecule has 6 fully saturated rings. The first-order valence-corrected chi connectivity index (χ1v) is 24.1. The van der Waals surface area contributed by atoms with Gasteiger partial charge in [0.15, 0.2) is 6.10 Å². The highest BCUT2D eigenvalue weighted by atomic mass is 16.8. The smallest absolute Gasteiger partial charge is 0.333 e. The van der Waals surface area contributed by atoms with Crippen LogP contribution < -0.4 is 0 Å². The lowest BCUT2D eigenvalue weighted by molar-refractivity contribution is -0.432. The first kappa shape index (κ1) is 58.7. The number of hydrogen-bond acceptors (Lipinski definition) is 26. The molecule has 6 aliphatic heterocycles. The first-order valence-electron chi connectivity index (χ1n) is 24.1. The SMILES string of the molecule is CCC1C(CO)OC(COCC2C(CO)OC(COC)C(O)C2O)C(O)C1COCC1OC(CO)C(O)C(O)C1COCC1OC(C(=O)O)C(COCC2OC3COC(C)(O)OC3C(O)C2O)C(O)C1O. The molecule has 414 valence electrons. The number of ether oxygens (including phenoxy) is 12. The van der Waals surface area contributed by atoms with E-state index in [-0.39, 0.29) is 39.6 Å². The number of rotatable bonds is 23. The van der Waals surface area contributed by atoms with Crippen LogP contribution >= 0.6 is 0 Å². The first-order chi connectivity index (χ1) is 33.8. The van der Waals surface area contributed by atoms with Gasteiger partial charge in [-0.2, -0.15) is 0 Å². The molecule has 0 aromatic carbocycles. The van der Waals surface area contributed by atoms with Gasteiger partial charge < -0.3 is 128 Å². The van der Waals surface area contributed by atoms with E-state index in [2.05, 4.69) is 0 Å². The third-order valence-corrected chi connectivity index (χ3v) is 14.7. The second kappa shape index (κ2) is 26.5. The predicted octanol–water partition coefficient (Wildman–Crippen LogP) is -7.58. The summed E-state index contributed by atoms with van der Waals surface area (Å²) < 4.78 is 68.1. The minimum absolute atomic E-state index is 0.0193. The van der Waals surface area contributed by atoms with Gasteiger partial charge in [0.1, 0.15) is 73.2 Å². The summed E-state index contributed by atoms with van der Waals surface area (Å²) in [6.45, 7) is -1.36. The van der Waals surface area contributed by atoms with E-state index in [0.29, 0.717) is 6.42 Å². The number of hydrogen-bond donors (Lipinski definition) is 14. The van der Waals surface area contributed by atoms with Gasteiger partial charge in [-0.05, 0) is 5.92 Å². The topological polar surface area (TPSA) is 411 Å². The Morgan fingerprint density at radius 2 is 0.915 bits per heavy atom. The number of carboxylic acid groups (broad SMARTS) is 1. The van der Waals surface area contributed by atoms with Gasteiger partial charge in [0, 0.05) is 37.7 Å². The molecule has 0 aromatic rings. The number of aliphatic hydroxyl groups excluding tert-OH is 12. The van der Waals surface area contributed by atoms with Gasteiger partial charge in [-0.25, -0.2) is 4.79 Å². The molecular weight excluding hydrogens is 960 g/mol. The Bertz CT molecular complexity index is 1600. The number of aliphatic carboxylic acids is 1. The van der Waals surface area contributed by atoms with Crippen molar-refractivity contribution in [2.45, 2.75) is 148 Å². The number of carbonyl (C=O) groups is 1. The standard InChI is InChI=1S/C44H76O27/c1-4-18-19(32(48)28(66-23(18)5-45)14-62-9-20-24(6-46)67-27(12-60-3)37(53)33(20)49)8-61-13-26-21(34(50)36(52)25(7-47)68-26)10-63-16-30-38(54)35(51)22(41(70-30)43(57)58)11-64-15-29-39(55)40(56)42-31(69-29)17-65-44(2,59)71-42/h18-42,45-56,59H,4-17H2,1-3H3,(H,57,58). The van der Waals surface area contributed by atoms with Gasteiger partial charge in [-0.15, -0.1) is 0 Å². The summed E-state index contributed by atoms with van der Waals surface area (Å²) in [5.74, 6) is -7.85. The third-order valence-electron chi connectivity index (χ3n) is 14.7. The summed E-state index contributed by atoms with van der Waals surface area (Å²) in [7, 11) is 1.40. The zero-order valence-electron chi connectivity index (χ0n) is 39.9. The molecule has 0 aromatic heterocycles. The fourth-order valence-corrected chi connectivity index (χ4v) is 10.5. The Balaban J connectivity index is 1.02. The minimum Gasteiger partial charge on any atom is -0.479 e. The lowest BCUT2D eigenvalue weighted by Gasteiger charge is -2.48. The van der Waals surface area contributed by atoms with Crippen LogP contribution in [0.15, 0.2) is 0 Å². The lowest BCUT2D eigenvalue weighted by Crippen LogP contribution is -2.65. The molecule has 0 radical (unpaired) electrons. The predicted molar refractivity (Wildman–Crippen MR) is 231 cm³/mol. The zero-order chi connectivity index (χ0) is 51.9. The van der Waals surface area contributed by atoms with E-state index in [4.69, 9.17) is 56.8 Å². The summed E-state index contributed by atoms with van der Waals surface area (Å²) >= 11 is 0. The molecule has 6 aliphatic rings. The summed E-state index contributed by atoms with van der Waals surface area (Å²) in [5.41, 5.74) is 0. The molecule has 26 unspecified atom stereocenters. The van der Waals surface area contributed by atoms with Crippen LogP contribution in [0.25, 0.3) is 0 Å². The van der Waals surface area contributed by atoms with Crippen molar-refractivity contribution >= 4 is 5.97 Å². The second-order valence-electron chi connectivity index (χ2n) is 19.4. The minimum atomic E-state index is -2.01. The van der Waals surface area contributed by atoms with E-state index in [1.807, 2.05) is 6.92 Å². The number of methoxy groups -OCH3 is 1.